The number of rotatable bonds is 9. The Morgan fingerprint density at radius 1 is 1.15 bits per heavy atom. The fourth-order valence-corrected chi connectivity index (χ4v) is 5.68. The van der Waals surface area contributed by atoms with Crippen LogP contribution in [0.1, 0.15) is 58.8 Å². The van der Waals surface area contributed by atoms with Gasteiger partial charge in [0.15, 0.2) is 5.76 Å². The molecule has 204 valence electrons. The molecule has 3 aromatic heterocycles. The Balaban J connectivity index is 1.33. The smallest absolute Gasteiger partial charge is 0.355 e. The van der Waals surface area contributed by atoms with Gasteiger partial charge in [-0.05, 0) is 50.5 Å². The van der Waals surface area contributed by atoms with E-state index in [1.807, 2.05) is 42.5 Å². The van der Waals surface area contributed by atoms with Gasteiger partial charge in [-0.25, -0.2) is 4.79 Å². The van der Waals surface area contributed by atoms with Crippen LogP contribution in [0, 0.1) is 0 Å². The van der Waals surface area contributed by atoms with Crippen LogP contribution < -0.4 is 5.32 Å². The highest BCUT2D eigenvalue weighted by Gasteiger charge is 2.25. The van der Waals surface area contributed by atoms with Crippen LogP contribution in [0.2, 0.25) is 4.34 Å². The molecule has 1 aromatic carbocycles. The van der Waals surface area contributed by atoms with Crippen LogP contribution >= 0.6 is 22.9 Å². The van der Waals surface area contributed by atoms with E-state index in [9.17, 15) is 9.59 Å². The fourth-order valence-electron chi connectivity index (χ4n) is 4.69. The number of carbonyl (C=O) groups is 2. The van der Waals surface area contributed by atoms with Crippen LogP contribution in [0.25, 0.3) is 10.6 Å². The second-order valence-electron chi connectivity index (χ2n) is 9.97. The first-order valence-corrected chi connectivity index (χ1v) is 14.2. The van der Waals surface area contributed by atoms with Gasteiger partial charge in [0.2, 0.25) is 0 Å². The van der Waals surface area contributed by atoms with Crippen LogP contribution in [0.15, 0.2) is 65.3 Å². The molecule has 4 heterocycles. The first kappa shape index (κ1) is 27.2. The van der Waals surface area contributed by atoms with Crippen molar-refractivity contribution in [3.05, 3.63) is 87.6 Å². The number of hydrogen-bond donors (Lipinski definition) is 1. The second-order valence-corrected chi connectivity index (χ2v) is 11.7. The summed E-state index contributed by atoms with van der Waals surface area (Å²) in [5, 5.41) is 7.32. The lowest BCUT2D eigenvalue weighted by Gasteiger charge is -2.34. The Hall–Kier alpha value is -3.40. The minimum absolute atomic E-state index is 0.0973. The molecule has 10 heteroatoms. The molecule has 1 fully saturated rings. The third kappa shape index (κ3) is 6.79. The molecule has 0 aliphatic carbocycles. The van der Waals surface area contributed by atoms with E-state index in [1.165, 1.54) is 11.3 Å². The molecule has 5 rings (SSSR count). The van der Waals surface area contributed by atoms with Gasteiger partial charge in [0, 0.05) is 37.4 Å². The summed E-state index contributed by atoms with van der Waals surface area (Å²) < 4.78 is 13.4. The van der Waals surface area contributed by atoms with Crippen LogP contribution in [0.3, 0.4) is 0 Å². The first-order valence-electron chi connectivity index (χ1n) is 13.0. The van der Waals surface area contributed by atoms with Crippen molar-refractivity contribution in [3.8, 4) is 10.6 Å². The molecule has 4 aromatic rings. The average molecular weight is 567 g/mol. The van der Waals surface area contributed by atoms with Crippen LogP contribution in [-0.2, 0) is 17.9 Å². The number of halogens is 1. The van der Waals surface area contributed by atoms with E-state index in [0.29, 0.717) is 27.4 Å². The van der Waals surface area contributed by atoms with Crippen molar-refractivity contribution in [2.24, 2.45) is 0 Å². The largest absolute Gasteiger partial charge is 0.456 e. The minimum Gasteiger partial charge on any atom is -0.456 e. The van der Waals surface area contributed by atoms with Crippen molar-refractivity contribution in [2.45, 2.75) is 51.9 Å². The van der Waals surface area contributed by atoms with Gasteiger partial charge in [-0.2, -0.15) is 0 Å². The predicted molar refractivity (Wildman–Crippen MR) is 151 cm³/mol. The Morgan fingerprint density at radius 2 is 1.92 bits per heavy atom. The lowest BCUT2D eigenvalue weighted by Crippen LogP contribution is -2.46. The van der Waals surface area contributed by atoms with Crippen molar-refractivity contribution in [3.63, 3.8) is 0 Å². The molecule has 0 atom stereocenters. The van der Waals surface area contributed by atoms with Gasteiger partial charge in [0.1, 0.15) is 18.0 Å². The zero-order valence-corrected chi connectivity index (χ0v) is 23.5. The van der Waals surface area contributed by atoms with E-state index in [-0.39, 0.29) is 30.8 Å². The zero-order chi connectivity index (χ0) is 27.4. The van der Waals surface area contributed by atoms with E-state index in [1.54, 1.807) is 22.9 Å². The van der Waals surface area contributed by atoms with Gasteiger partial charge in [-0.1, -0.05) is 47.1 Å². The molecule has 0 unspecified atom stereocenters. The number of ether oxygens (including phenoxy) is 1. The molecule has 1 aliphatic heterocycles. The Bertz CT molecular complexity index is 1420. The number of amides is 1. The first-order chi connectivity index (χ1) is 18.9. The maximum Gasteiger partial charge on any atom is 0.355 e. The summed E-state index contributed by atoms with van der Waals surface area (Å²) in [5.74, 6) is -0.132. The van der Waals surface area contributed by atoms with Crippen molar-refractivity contribution < 1.29 is 18.8 Å². The molecule has 1 aliphatic rings. The SMILES string of the molecule is CC(C)N1CCC(NC(=O)c2cc(C(=O)OCc3ccccc3)n(Cc3cc(-c4ccc(Cl)s4)on3)c2)CC1. The fraction of sp³-hybridized carbons (Fsp3) is 0.345. The summed E-state index contributed by atoms with van der Waals surface area (Å²) in [6.07, 6.45) is 3.46. The third-order valence-corrected chi connectivity index (χ3v) is 8.13. The van der Waals surface area contributed by atoms with Crippen molar-refractivity contribution in [2.75, 3.05) is 13.1 Å². The maximum absolute atomic E-state index is 13.2. The van der Waals surface area contributed by atoms with E-state index in [2.05, 4.69) is 29.2 Å². The molecule has 1 saturated heterocycles. The molecular weight excluding hydrogens is 536 g/mol. The Kier molecular flexibility index (Phi) is 8.50. The normalized spacial score (nSPS) is 14.6. The van der Waals surface area contributed by atoms with Gasteiger partial charge in [-0.3, -0.25) is 4.79 Å². The molecule has 39 heavy (non-hydrogen) atoms. The Labute approximate surface area is 236 Å². The highest BCUT2D eigenvalue weighted by molar-refractivity contribution is 7.19. The number of benzene rings is 1. The molecule has 0 radical (unpaired) electrons. The topological polar surface area (TPSA) is 89.6 Å². The van der Waals surface area contributed by atoms with E-state index in [0.717, 1.165) is 36.4 Å². The van der Waals surface area contributed by atoms with Gasteiger partial charge in [0.05, 0.1) is 21.3 Å². The number of hydrogen-bond acceptors (Lipinski definition) is 7. The lowest BCUT2D eigenvalue weighted by atomic mass is 10.0. The predicted octanol–water partition coefficient (Wildman–Crippen LogP) is 5.87. The number of likely N-dealkylation sites (tertiary alicyclic amines) is 1. The van der Waals surface area contributed by atoms with E-state index < -0.39 is 5.97 Å². The summed E-state index contributed by atoms with van der Waals surface area (Å²) in [6, 6.07) is 17.1. The lowest BCUT2D eigenvalue weighted by molar-refractivity contribution is 0.0460. The number of carbonyl (C=O) groups excluding carboxylic acids is 2. The maximum atomic E-state index is 13.2. The second kappa shape index (κ2) is 12.2. The molecule has 8 nitrogen and oxygen atoms in total. The monoisotopic (exact) mass is 566 g/mol. The van der Waals surface area contributed by atoms with Crippen LogP contribution in [0.4, 0.5) is 0 Å². The van der Waals surface area contributed by atoms with Gasteiger partial charge in [-0.15, -0.1) is 11.3 Å². The van der Waals surface area contributed by atoms with Gasteiger partial charge >= 0.3 is 5.97 Å². The standard InChI is InChI=1S/C29H31ClN4O4S/c1-19(2)33-12-10-22(11-13-33)31-28(35)21-14-24(29(36)37-18-20-6-4-3-5-7-20)34(16-21)17-23-15-25(38-32-23)26-8-9-27(30)39-26/h3-9,14-16,19,22H,10-13,17-18H2,1-2H3,(H,31,35). The highest BCUT2D eigenvalue weighted by Crippen LogP contribution is 2.31. The van der Waals surface area contributed by atoms with Crippen LogP contribution in [-0.4, -0.2) is 51.7 Å². The number of nitrogens with zero attached hydrogens (tertiary/aromatic N) is 3. The molecule has 0 saturated carbocycles. The molecule has 0 spiro atoms. The van der Waals surface area contributed by atoms with E-state index >= 15 is 0 Å². The summed E-state index contributed by atoms with van der Waals surface area (Å²) in [5.41, 5.74) is 2.16. The Morgan fingerprint density at radius 3 is 2.62 bits per heavy atom. The molecule has 1 amide bonds. The molecular formula is C29H31ClN4O4S. The number of thiophene rings is 1. The average Bonchev–Trinajstić information content (AvgIpc) is 3.68. The number of nitrogens with one attached hydrogen (secondary N) is 1. The molecule has 0 bridgehead atoms. The third-order valence-electron chi connectivity index (χ3n) is 6.88. The molecule has 1 N–H and O–H groups in total. The zero-order valence-electron chi connectivity index (χ0n) is 21.9. The summed E-state index contributed by atoms with van der Waals surface area (Å²) in [7, 11) is 0. The van der Waals surface area contributed by atoms with Crippen molar-refractivity contribution >= 4 is 34.8 Å². The number of esters is 1. The minimum atomic E-state index is -0.517. The summed E-state index contributed by atoms with van der Waals surface area (Å²) >= 11 is 7.45. The quantitative estimate of drug-likeness (QED) is 0.255. The van der Waals surface area contributed by atoms with Crippen molar-refractivity contribution in [1.29, 1.82) is 0 Å². The van der Waals surface area contributed by atoms with Gasteiger partial charge < -0.3 is 24.0 Å². The van der Waals surface area contributed by atoms with Gasteiger partial charge in [0.25, 0.3) is 5.91 Å². The van der Waals surface area contributed by atoms with Crippen molar-refractivity contribution in [1.82, 2.24) is 19.9 Å². The highest BCUT2D eigenvalue weighted by atomic mass is 35.5. The van der Waals surface area contributed by atoms with Crippen LogP contribution in [0.5, 0.6) is 0 Å². The number of aromatic nitrogens is 2. The summed E-state index contributed by atoms with van der Waals surface area (Å²) in [6.45, 7) is 6.64. The van der Waals surface area contributed by atoms with E-state index in [4.69, 9.17) is 20.9 Å². The number of piperidine rings is 1. The summed E-state index contributed by atoms with van der Waals surface area (Å²) in [4.78, 5) is 29.6.